The summed E-state index contributed by atoms with van der Waals surface area (Å²) in [7, 11) is 2.73. The Balaban J connectivity index is 2.24. The van der Waals surface area contributed by atoms with Gasteiger partial charge in [0, 0.05) is 43.4 Å². The number of rotatable bonds is 8. The summed E-state index contributed by atoms with van der Waals surface area (Å²) in [5.41, 5.74) is -2.49. The number of nitro benzene ring substituents is 1. The van der Waals surface area contributed by atoms with Crippen LogP contribution in [0.25, 0.3) is 0 Å². The first kappa shape index (κ1) is 21.8. The number of nitrogens with zero attached hydrogens (tertiary/aromatic N) is 3. The third kappa shape index (κ3) is 4.08. The largest absolute Gasteiger partial charge is 0.467 e. The second kappa shape index (κ2) is 8.88. The van der Waals surface area contributed by atoms with Crippen molar-refractivity contribution in [1.29, 1.82) is 0 Å². The first-order chi connectivity index (χ1) is 14.8. The minimum atomic E-state index is -2.36. The highest BCUT2D eigenvalue weighted by Crippen LogP contribution is 2.44. The Morgan fingerprint density at radius 2 is 1.84 bits per heavy atom. The van der Waals surface area contributed by atoms with Gasteiger partial charge in [-0.15, -0.1) is 0 Å². The van der Waals surface area contributed by atoms with E-state index < -0.39 is 34.6 Å². The first-order valence-corrected chi connectivity index (χ1v) is 9.40. The molecule has 0 spiro atoms. The number of imidazole rings is 1. The van der Waals surface area contributed by atoms with Crippen molar-refractivity contribution in [2.75, 3.05) is 7.11 Å². The number of benzene rings is 2. The molecular weight excluding hydrogens is 402 g/mol. The lowest BCUT2D eigenvalue weighted by Gasteiger charge is -2.34. The molecule has 0 saturated heterocycles. The van der Waals surface area contributed by atoms with E-state index >= 15 is 0 Å². The second-order valence-corrected chi connectivity index (χ2v) is 6.98. The summed E-state index contributed by atoms with van der Waals surface area (Å²) >= 11 is 0. The van der Waals surface area contributed by atoms with Crippen LogP contribution in [0.15, 0.2) is 67.0 Å². The molecule has 1 aromatic heterocycles. The number of carbonyl (C=O) groups excluding carboxylic acids is 2. The molecule has 3 aromatic rings. The molecule has 0 aliphatic rings. The first-order valence-electron chi connectivity index (χ1n) is 9.40. The Morgan fingerprint density at radius 1 is 1.19 bits per heavy atom. The predicted octanol–water partition coefficient (Wildman–Crippen LogP) is 2.75. The molecule has 0 aliphatic carbocycles. The molecule has 0 fully saturated rings. The van der Waals surface area contributed by atoms with E-state index in [9.17, 15) is 24.8 Å². The van der Waals surface area contributed by atoms with Crippen LogP contribution >= 0.6 is 0 Å². The van der Waals surface area contributed by atoms with Gasteiger partial charge in [-0.3, -0.25) is 14.9 Å². The third-order valence-electron chi connectivity index (χ3n) is 5.18. The van der Waals surface area contributed by atoms with Gasteiger partial charge in [0.15, 0.2) is 17.2 Å². The zero-order valence-electron chi connectivity index (χ0n) is 17.0. The Morgan fingerprint density at radius 3 is 2.42 bits per heavy atom. The molecule has 2 aromatic carbocycles. The molecular formula is C22H21N3O6. The average Bonchev–Trinajstić information content (AvgIpc) is 3.22. The molecule has 0 aliphatic heterocycles. The lowest BCUT2D eigenvalue weighted by molar-refractivity contribution is -0.386. The van der Waals surface area contributed by atoms with Crippen LogP contribution < -0.4 is 0 Å². The Kier molecular flexibility index (Phi) is 6.26. The van der Waals surface area contributed by atoms with Gasteiger partial charge in [0.1, 0.15) is 0 Å². The normalized spacial score (nSPS) is 13.8. The van der Waals surface area contributed by atoms with Gasteiger partial charge < -0.3 is 14.4 Å². The molecule has 0 unspecified atom stereocenters. The highest BCUT2D eigenvalue weighted by Gasteiger charge is 2.50. The van der Waals surface area contributed by atoms with E-state index in [1.165, 1.54) is 41.1 Å². The molecule has 9 heteroatoms. The van der Waals surface area contributed by atoms with Crippen LogP contribution in [0, 0.1) is 10.1 Å². The zero-order valence-corrected chi connectivity index (χ0v) is 17.0. The molecule has 1 N–H and O–H groups in total. The van der Waals surface area contributed by atoms with Gasteiger partial charge in [-0.2, -0.15) is 0 Å². The maximum atomic E-state index is 13.1. The van der Waals surface area contributed by atoms with Crippen LogP contribution in [0.2, 0.25) is 0 Å². The number of aryl methyl sites for hydroxylation is 1. The zero-order chi connectivity index (χ0) is 22.6. The number of ketones is 1. The predicted molar refractivity (Wildman–Crippen MR) is 110 cm³/mol. The van der Waals surface area contributed by atoms with Crippen LogP contribution in [0.1, 0.15) is 34.1 Å². The van der Waals surface area contributed by atoms with Gasteiger partial charge in [-0.05, 0) is 5.56 Å². The number of carbonyl (C=O) groups is 2. The van der Waals surface area contributed by atoms with E-state index in [-0.39, 0.29) is 22.6 Å². The molecule has 31 heavy (non-hydrogen) atoms. The molecule has 0 saturated carbocycles. The van der Waals surface area contributed by atoms with Crippen molar-refractivity contribution < 1.29 is 24.4 Å². The highest BCUT2D eigenvalue weighted by atomic mass is 16.6. The molecule has 160 valence electrons. The van der Waals surface area contributed by atoms with E-state index in [1.807, 2.05) is 0 Å². The summed E-state index contributed by atoms with van der Waals surface area (Å²) < 4.78 is 6.38. The molecule has 0 amide bonds. The van der Waals surface area contributed by atoms with Crippen molar-refractivity contribution in [3.05, 3.63) is 94.1 Å². The third-order valence-corrected chi connectivity index (χ3v) is 5.18. The number of hydrogen-bond acceptors (Lipinski definition) is 7. The van der Waals surface area contributed by atoms with Crippen molar-refractivity contribution in [3.63, 3.8) is 0 Å². The van der Waals surface area contributed by atoms with Gasteiger partial charge in [0.2, 0.25) is 0 Å². The van der Waals surface area contributed by atoms with E-state index in [2.05, 4.69) is 4.98 Å². The smallest absolute Gasteiger partial charge is 0.343 e. The molecule has 1 heterocycles. The van der Waals surface area contributed by atoms with Gasteiger partial charge in [0.05, 0.1) is 12.0 Å². The number of aromatic nitrogens is 2. The van der Waals surface area contributed by atoms with Crippen molar-refractivity contribution >= 4 is 17.4 Å². The number of aliphatic hydroxyl groups is 1. The number of para-hydroxylation sites is 1. The minimum absolute atomic E-state index is 0.0341. The Hall–Kier alpha value is -3.85. The van der Waals surface area contributed by atoms with Crippen molar-refractivity contribution in [2.24, 2.45) is 7.05 Å². The van der Waals surface area contributed by atoms with E-state index in [0.29, 0.717) is 0 Å². The number of Topliss-reactive ketones (excluding diaryl/α,β-unsaturated/α-hetero) is 1. The monoisotopic (exact) mass is 423 g/mol. The fraction of sp³-hybridized carbons (Fsp3) is 0.227. The van der Waals surface area contributed by atoms with Crippen LogP contribution in [-0.4, -0.2) is 38.4 Å². The SMILES string of the molecule is COC(=O)[C@@](O)(c1ccccc1)[C@@H](CC(=O)c1nccn1C)c1ccccc1[N+](=O)[O-]. The van der Waals surface area contributed by atoms with Crippen molar-refractivity contribution in [1.82, 2.24) is 9.55 Å². The molecule has 2 atom stereocenters. The average molecular weight is 423 g/mol. The summed E-state index contributed by atoms with van der Waals surface area (Å²) in [4.78, 5) is 41.1. The fourth-order valence-corrected chi connectivity index (χ4v) is 3.65. The fourth-order valence-electron chi connectivity index (χ4n) is 3.65. The number of ether oxygens (including phenoxy) is 1. The summed E-state index contributed by atoms with van der Waals surface area (Å²) in [5, 5.41) is 23.4. The molecule has 0 bridgehead atoms. The highest BCUT2D eigenvalue weighted by molar-refractivity contribution is 5.95. The summed E-state index contributed by atoms with van der Waals surface area (Å²) in [5.74, 6) is -2.74. The maximum Gasteiger partial charge on any atom is 0.343 e. The number of methoxy groups -OCH3 is 1. The molecule has 9 nitrogen and oxygen atoms in total. The van der Waals surface area contributed by atoms with Crippen LogP contribution in [0.4, 0.5) is 5.69 Å². The quantitative estimate of drug-likeness (QED) is 0.256. The second-order valence-electron chi connectivity index (χ2n) is 6.98. The van der Waals surface area contributed by atoms with Crippen molar-refractivity contribution in [2.45, 2.75) is 17.9 Å². The summed E-state index contributed by atoms with van der Waals surface area (Å²) in [6.45, 7) is 0. The lowest BCUT2D eigenvalue weighted by atomic mass is 9.74. The summed E-state index contributed by atoms with van der Waals surface area (Å²) in [6.07, 6.45) is 2.60. The van der Waals surface area contributed by atoms with E-state index in [1.54, 1.807) is 37.5 Å². The lowest BCUT2D eigenvalue weighted by Crippen LogP contribution is -2.44. The standard InChI is InChI=1S/C22H21N3O6/c1-24-13-12-23-20(24)19(26)14-17(16-10-6-7-11-18(16)25(29)30)22(28,21(27)31-2)15-8-4-3-5-9-15/h3-13,17,28H,14H2,1-2H3/t17-,22+/m0/s1. The van der Waals surface area contributed by atoms with Crippen molar-refractivity contribution in [3.8, 4) is 0 Å². The number of nitro groups is 1. The molecule has 3 rings (SSSR count). The van der Waals surface area contributed by atoms with Gasteiger partial charge >= 0.3 is 5.97 Å². The van der Waals surface area contributed by atoms with E-state index in [0.717, 1.165) is 7.11 Å². The Bertz CT molecular complexity index is 1110. The van der Waals surface area contributed by atoms with E-state index in [4.69, 9.17) is 4.74 Å². The topological polar surface area (TPSA) is 125 Å². The Labute approximate surface area is 178 Å². The molecule has 0 radical (unpaired) electrons. The van der Waals surface area contributed by atoms with Gasteiger partial charge in [-0.25, -0.2) is 9.78 Å². The van der Waals surface area contributed by atoms with Gasteiger partial charge in [-0.1, -0.05) is 48.5 Å². The van der Waals surface area contributed by atoms with Crippen LogP contribution in [-0.2, 0) is 22.2 Å². The van der Waals surface area contributed by atoms with Crippen LogP contribution in [0.3, 0.4) is 0 Å². The maximum absolute atomic E-state index is 13.1. The summed E-state index contributed by atoms with van der Waals surface area (Å²) in [6, 6.07) is 13.6. The number of hydrogen-bond donors (Lipinski definition) is 1. The number of esters is 1. The minimum Gasteiger partial charge on any atom is -0.467 e. The van der Waals surface area contributed by atoms with Crippen LogP contribution in [0.5, 0.6) is 0 Å². The van der Waals surface area contributed by atoms with Gasteiger partial charge in [0.25, 0.3) is 5.69 Å².